The molecule has 9 rings (SSSR count). The Kier molecular flexibility index (Phi) is 5.82. The third kappa shape index (κ3) is 4.05. The summed E-state index contributed by atoms with van der Waals surface area (Å²) in [5, 5.41) is 6.36. The van der Waals surface area contributed by atoms with Crippen LogP contribution in [0.3, 0.4) is 0 Å². The molecule has 0 radical (unpaired) electrons. The van der Waals surface area contributed by atoms with Crippen molar-refractivity contribution in [3.63, 3.8) is 0 Å². The quantitative estimate of drug-likeness (QED) is 0.199. The van der Waals surface area contributed by atoms with E-state index < -0.39 is 0 Å². The highest BCUT2D eigenvalue weighted by Gasteiger charge is 2.18. The van der Waals surface area contributed by atoms with Crippen molar-refractivity contribution in [3.8, 4) is 11.4 Å². The van der Waals surface area contributed by atoms with E-state index in [9.17, 15) is 0 Å². The third-order valence-corrected chi connectivity index (χ3v) is 8.93. The van der Waals surface area contributed by atoms with Gasteiger partial charge in [0.25, 0.3) is 0 Å². The first-order valence-corrected chi connectivity index (χ1v) is 15.4. The predicted octanol–water partition coefficient (Wildman–Crippen LogP) is 11.4. The number of rotatable bonds is 5. The molecule has 2 aromatic heterocycles. The minimum atomic E-state index is 1.12. The summed E-state index contributed by atoms with van der Waals surface area (Å²) in [6, 6.07) is 60.8. The van der Waals surface area contributed by atoms with Crippen LogP contribution >= 0.6 is 0 Å². The van der Waals surface area contributed by atoms with Gasteiger partial charge in [0.15, 0.2) is 0 Å². The number of nitrogens with zero attached hydrogens (tertiary/aromatic N) is 3. The SMILES string of the molecule is c1ccc(N(c2ccccc2)c2ccc(-n3c4ccccc4c4c5ccc6c(ccn6-c6ccccc6)c5ccc43)cc2)cc1. The average molecular weight is 576 g/mol. The minimum Gasteiger partial charge on any atom is -0.317 e. The van der Waals surface area contributed by atoms with E-state index >= 15 is 0 Å². The number of aromatic nitrogens is 2. The van der Waals surface area contributed by atoms with Gasteiger partial charge in [-0.1, -0.05) is 84.9 Å². The maximum absolute atomic E-state index is 2.41. The number of fused-ring (bicyclic) bond motifs is 7. The van der Waals surface area contributed by atoms with Crippen molar-refractivity contribution in [1.29, 1.82) is 0 Å². The zero-order valence-corrected chi connectivity index (χ0v) is 24.6. The normalized spacial score (nSPS) is 11.6. The average Bonchev–Trinajstić information content (AvgIpc) is 3.70. The molecule has 2 heterocycles. The van der Waals surface area contributed by atoms with Crippen LogP contribution in [0.2, 0.25) is 0 Å². The fourth-order valence-electron chi connectivity index (χ4n) is 6.94. The van der Waals surface area contributed by atoms with Crippen molar-refractivity contribution < 1.29 is 0 Å². The number of para-hydroxylation sites is 4. The van der Waals surface area contributed by atoms with Crippen molar-refractivity contribution in [2.24, 2.45) is 0 Å². The lowest BCUT2D eigenvalue weighted by atomic mass is 10.0. The Labute approximate surface area is 261 Å². The van der Waals surface area contributed by atoms with Gasteiger partial charge < -0.3 is 14.0 Å². The van der Waals surface area contributed by atoms with Gasteiger partial charge in [0.1, 0.15) is 0 Å². The van der Waals surface area contributed by atoms with E-state index in [4.69, 9.17) is 0 Å². The van der Waals surface area contributed by atoms with Gasteiger partial charge in [-0.05, 0) is 95.7 Å². The second-order valence-corrected chi connectivity index (χ2v) is 11.4. The van der Waals surface area contributed by atoms with Crippen LogP contribution in [0.1, 0.15) is 0 Å². The Morgan fingerprint density at radius 3 is 1.62 bits per heavy atom. The molecule has 0 saturated heterocycles. The summed E-state index contributed by atoms with van der Waals surface area (Å²) in [6.45, 7) is 0. The summed E-state index contributed by atoms with van der Waals surface area (Å²) < 4.78 is 4.68. The van der Waals surface area contributed by atoms with Gasteiger partial charge in [-0.25, -0.2) is 0 Å². The van der Waals surface area contributed by atoms with E-state index in [-0.39, 0.29) is 0 Å². The molecule has 0 spiro atoms. The minimum absolute atomic E-state index is 1.12. The molecular weight excluding hydrogens is 546 g/mol. The maximum Gasteiger partial charge on any atom is 0.0547 e. The Morgan fingerprint density at radius 2 is 0.911 bits per heavy atom. The van der Waals surface area contributed by atoms with Crippen LogP contribution in [-0.4, -0.2) is 9.13 Å². The topological polar surface area (TPSA) is 13.1 Å². The molecule has 0 amide bonds. The summed E-state index contributed by atoms with van der Waals surface area (Å²) in [5.41, 5.74) is 9.33. The fourth-order valence-corrected chi connectivity index (χ4v) is 6.94. The first-order valence-electron chi connectivity index (χ1n) is 15.4. The van der Waals surface area contributed by atoms with Gasteiger partial charge in [-0.15, -0.1) is 0 Å². The van der Waals surface area contributed by atoms with Gasteiger partial charge in [-0.3, -0.25) is 0 Å². The molecule has 0 unspecified atom stereocenters. The van der Waals surface area contributed by atoms with Gasteiger partial charge in [0.2, 0.25) is 0 Å². The standard InChI is InChI=1S/C42H29N3/c1-4-12-30(13-5-1)43-29-28-36-35-24-27-41-42(37(35)25-26-39(36)43)38-18-10-11-19-40(38)45(41)34-22-20-33(21-23-34)44(31-14-6-2-7-15-31)32-16-8-3-9-17-32/h1-29H. The van der Waals surface area contributed by atoms with Crippen LogP contribution in [0.5, 0.6) is 0 Å². The lowest BCUT2D eigenvalue weighted by Crippen LogP contribution is -2.09. The molecule has 0 atom stereocenters. The van der Waals surface area contributed by atoms with E-state index in [1.807, 2.05) is 0 Å². The van der Waals surface area contributed by atoms with Crippen molar-refractivity contribution in [1.82, 2.24) is 9.13 Å². The Hall–Kier alpha value is -6.06. The fraction of sp³-hybridized carbons (Fsp3) is 0. The van der Waals surface area contributed by atoms with Crippen LogP contribution in [0.25, 0.3) is 54.9 Å². The molecule has 0 bridgehead atoms. The van der Waals surface area contributed by atoms with Gasteiger partial charge >= 0.3 is 0 Å². The van der Waals surface area contributed by atoms with E-state index in [1.165, 1.54) is 49.2 Å². The lowest BCUT2D eigenvalue weighted by Gasteiger charge is -2.25. The van der Waals surface area contributed by atoms with E-state index in [1.54, 1.807) is 0 Å². The van der Waals surface area contributed by atoms with Crippen molar-refractivity contribution >= 4 is 60.5 Å². The molecule has 9 aromatic rings. The highest BCUT2D eigenvalue weighted by molar-refractivity contribution is 6.25. The summed E-state index contributed by atoms with van der Waals surface area (Å²) >= 11 is 0. The zero-order chi connectivity index (χ0) is 29.7. The lowest BCUT2D eigenvalue weighted by molar-refractivity contribution is 1.13. The number of benzene rings is 7. The summed E-state index contributed by atoms with van der Waals surface area (Å²) in [5.74, 6) is 0. The van der Waals surface area contributed by atoms with Gasteiger partial charge in [0, 0.05) is 50.8 Å². The van der Waals surface area contributed by atoms with Crippen molar-refractivity contribution in [3.05, 3.63) is 176 Å². The van der Waals surface area contributed by atoms with E-state index in [2.05, 4.69) is 190 Å². The van der Waals surface area contributed by atoms with E-state index in [0.717, 1.165) is 22.7 Å². The third-order valence-electron chi connectivity index (χ3n) is 8.93. The molecule has 45 heavy (non-hydrogen) atoms. The molecule has 0 N–H and O–H groups in total. The Bertz CT molecular complexity index is 2420. The predicted molar refractivity (Wildman–Crippen MR) is 190 cm³/mol. The highest BCUT2D eigenvalue weighted by atomic mass is 15.1. The largest absolute Gasteiger partial charge is 0.317 e. The first-order chi connectivity index (χ1) is 22.3. The molecule has 212 valence electrons. The monoisotopic (exact) mass is 575 g/mol. The maximum atomic E-state index is 2.41. The summed E-state index contributed by atoms with van der Waals surface area (Å²) in [4.78, 5) is 2.30. The molecule has 3 nitrogen and oxygen atoms in total. The number of anilines is 3. The van der Waals surface area contributed by atoms with Crippen LogP contribution in [0, 0.1) is 0 Å². The van der Waals surface area contributed by atoms with E-state index in [0.29, 0.717) is 0 Å². The first kappa shape index (κ1) is 25.4. The summed E-state index contributed by atoms with van der Waals surface area (Å²) in [7, 11) is 0. The molecule has 0 saturated carbocycles. The molecule has 0 aliphatic rings. The number of hydrogen-bond donors (Lipinski definition) is 0. The second kappa shape index (κ2) is 10.3. The van der Waals surface area contributed by atoms with Crippen LogP contribution in [0.15, 0.2) is 176 Å². The zero-order valence-electron chi connectivity index (χ0n) is 24.6. The van der Waals surface area contributed by atoms with Gasteiger partial charge in [0.05, 0.1) is 16.6 Å². The molecule has 0 fully saturated rings. The summed E-state index contributed by atoms with van der Waals surface area (Å²) in [6.07, 6.45) is 2.18. The van der Waals surface area contributed by atoms with Crippen molar-refractivity contribution in [2.45, 2.75) is 0 Å². The second-order valence-electron chi connectivity index (χ2n) is 11.4. The van der Waals surface area contributed by atoms with Crippen molar-refractivity contribution in [2.75, 3.05) is 4.90 Å². The van der Waals surface area contributed by atoms with Crippen LogP contribution in [-0.2, 0) is 0 Å². The molecule has 3 heteroatoms. The van der Waals surface area contributed by atoms with Crippen LogP contribution in [0.4, 0.5) is 17.1 Å². The van der Waals surface area contributed by atoms with Crippen LogP contribution < -0.4 is 4.90 Å². The smallest absolute Gasteiger partial charge is 0.0547 e. The Balaban J connectivity index is 1.22. The Morgan fingerprint density at radius 1 is 0.333 bits per heavy atom. The molecule has 0 aliphatic heterocycles. The van der Waals surface area contributed by atoms with Gasteiger partial charge in [-0.2, -0.15) is 0 Å². The number of hydrogen-bond acceptors (Lipinski definition) is 1. The molecule has 0 aliphatic carbocycles. The highest BCUT2D eigenvalue weighted by Crippen LogP contribution is 2.40. The molecular formula is C42H29N3. The molecule has 7 aromatic carbocycles.